The third-order valence-corrected chi connectivity index (χ3v) is 13.0. The molecule has 0 aromatic rings. The van der Waals surface area contributed by atoms with Crippen molar-refractivity contribution in [3.63, 3.8) is 0 Å². The number of hydrogen-bond donors (Lipinski definition) is 2. The molecule has 0 aromatic carbocycles. The lowest BCUT2D eigenvalue weighted by Gasteiger charge is -2.71. The van der Waals surface area contributed by atoms with Crippen LogP contribution < -0.4 is 11.3 Å². The standard InChI is InChI=1S/C32H43N3O5/c1-26(2)8-11-31(25(39)40-7)12-9-28(4)23(20(31)16-26)21(37)14-22-27(28,3)10-13-32(35-34)29(22,5)15-19(17-33)24(38)30(32,6)18-36/h14-15,18,20,23,35H,8-13,16,34H2,1-7H3/t20?,23?,27-,28-,29-,30-,31+,32+/m1/s1. The second-order valence-electron chi connectivity index (χ2n) is 14.9. The summed E-state index contributed by atoms with van der Waals surface area (Å²) in [6, 6.07) is 2.02. The van der Waals surface area contributed by atoms with E-state index in [2.05, 4.69) is 33.1 Å². The van der Waals surface area contributed by atoms with Gasteiger partial charge in [-0.25, -0.2) is 0 Å². The Hall–Kier alpha value is -2.63. The largest absolute Gasteiger partial charge is 0.469 e. The van der Waals surface area contributed by atoms with Gasteiger partial charge in [-0.3, -0.25) is 25.7 Å². The van der Waals surface area contributed by atoms with Crippen LogP contribution in [0.2, 0.25) is 0 Å². The highest BCUT2D eigenvalue weighted by Gasteiger charge is 2.75. The van der Waals surface area contributed by atoms with E-state index in [4.69, 9.17) is 10.6 Å². The highest BCUT2D eigenvalue weighted by atomic mass is 16.5. The lowest BCUT2D eigenvalue weighted by atomic mass is 9.33. The number of esters is 1. The number of hydrogen-bond acceptors (Lipinski definition) is 8. The zero-order chi connectivity index (χ0) is 29.7. The van der Waals surface area contributed by atoms with E-state index in [-0.39, 0.29) is 34.6 Å². The van der Waals surface area contributed by atoms with Gasteiger partial charge in [-0.05, 0) is 85.7 Å². The maximum absolute atomic E-state index is 14.5. The molecular formula is C32H43N3O5. The molecule has 8 heteroatoms. The summed E-state index contributed by atoms with van der Waals surface area (Å²) >= 11 is 0. The van der Waals surface area contributed by atoms with Gasteiger partial charge in [0.2, 0.25) is 0 Å². The van der Waals surface area contributed by atoms with Crippen LogP contribution in [0.3, 0.4) is 0 Å². The zero-order valence-electron chi connectivity index (χ0n) is 24.9. The highest BCUT2D eigenvalue weighted by Crippen LogP contribution is 2.75. The van der Waals surface area contributed by atoms with Gasteiger partial charge >= 0.3 is 5.97 Å². The van der Waals surface area contributed by atoms with Gasteiger partial charge < -0.3 is 9.53 Å². The number of nitrogens with two attached hydrogens (primary N) is 1. The first-order valence-electron chi connectivity index (χ1n) is 14.5. The molecule has 3 N–H and O–H groups in total. The van der Waals surface area contributed by atoms with E-state index in [1.54, 1.807) is 19.1 Å². The third-order valence-electron chi connectivity index (χ3n) is 13.0. The van der Waals surface area contributed by atoms with Crippen molar-refractivity contribution < 1.29 is 23.9 Å². The molecular weight excluding hydrogens is 506 g/mol. The molecule has 2 unspecified atom stereocenters. The Morgan fingerprint density at radius 1 is 1.07 bits per heavy atom. The van der Waals surface area contributed by atoms with E-state index in [0.29, 0.717) is 38.4 Å². The maximum atomic E-state index is 14.5. The van der Waals surface area contributed by atoms with Crippen LogP contribution in [0.5, 0.6) is 0 Å². The molecule has 8 nitrogen and oxygen atoms in total. The first-order valence-corrected chi connectivity index (χ1v) is 14.5. The number of aldehydes is 1. The van der Waals surface area contributed by atoms with Crippen LogP contribution >= 0.6 is 0 Å². The number of fused-ring (bicyclic) bond motifs is 7. The van der Waals surface area contributed by atoms with Crippen LogP contribution in [0.4, 0.5) is 0 Å². The highest BCUT2D eigenvalue weighted by molar-refractivity contribution is 6.13. The van der Waals surface area contributed by atoms with Crippen molar-refractivity contribution in [2.45, 2.75) is 92.0 Å². The lowest BCUT2D eigenvalue weighted by molar-refractivity contribution is -0.192. The maximum Gasteiger partial charge on any atom is 0.312 e. The summed E-state index contributed by atoms with van der Waals surface area (Å²) in [5, 5.41) is 9.95. The molecule has 3 saturated carbocycles. The Morgan fingerprint density at radius 3 is 2.30 bits per heavy atom. The Kier molecular flexibility index (Phi) is 6.10. The monoisotopic (exact) mass is 549 g/mol. The van der Waals surface area contributed by atoms with Crippen molar-refractivity contribution in [3.8, 4) is 6.07 Å². The molecule has 3 fully saturated rings. The fourth-order valence-electron chi connectivity index (χ4n) is 10.4. The van der Waals surface area contributed by atoms with Crippen molar-refractivity contribution in [3.05, 3.63) is 23.3 Å². The SMILES string of the molecule is COC(=O)[C@]12CCC(C)(C)CC1C1C(=O)C=C3[C@@]4(C)C=C(C#N)C(=O)[C@@](C)(C=O)[C@]4(NN)CC[C@@]3(C)[C@]1(C)CC2. The molecule has 216 valence electrons. The van der Waals surface area contributed by atoms with E-state index in [9.17, 15) is 24.4 Å². The average Bonchev–Trinajstić information content (AvgIpc) is 2.91. The van der Waals surface area contributed by atoms with Crippen LogP contribution in [0.15, 0.2) is 23.3 Å². The van der Waals surface area contributed by atoms with Gasteiger partial charge in [-0.1, -0.05) is 40.7 Å². The molecule has 0 saturated heterocycles. The number of hydrazine groups is 1. The van der Waals surface area contributed by atoms with Crippen molar-refractivity contribution in [1.82, 2.24) is 5.43 Å². The van der Waals surface area contributed by atoms with Gasteiger partial charge in [0.25, 0.3) is 0 Å². The van der Waals surface area contributed by atoms with Crippen LogP contribution in [0.1, 0.15) is 86.5 Å². The summed E-state index contributed by atoms with van der Waals surface area (Å²) in [7, 11) is 1.44. The number of carbonyl (C=O) groups is 4. The fraction of sp³-hybridized carbons (Fsp3) is 0.719. The number of nitriles is 1. The number of carbonyl (C=O) groups excluding carboxylic acids is 4. The number of nitrogens with zero attached hydrogens (tertiary/aromatic N) is 1. The van der Waals surface area contributed by atoms with Crippen LogP contribution in [0, 0.1) is 55.7 Å². The number of ether oxygens (including phenoxy) is 1. The summed E-state index contributed by atoms with van der Waals surface area (Å²) in [5.74, 6) is 4.92. The molecule has 0 aromatic heterocycles. The van der Waals surface area contributed by atoms with Gasteiger partial charge in [-0.2, -0.15) is 5.26 Å². The summed E-state index contributed by atoms with van der Waals surface area (Å²) in [5.41, 5.74) is -1.96. The fourth-order valence-corrected chi connectivity index (χ4v) is 10.4. The molecule has 0 spiro atoms. The molecule has 8 atom stereocenters. The number of nitrogens with one attached hydrogen (secondary N) is 1. The summed E-state index contributed by atoms with van der Waals surface area (Å²) in [6.07, 6.45) is 8.65. The van der Waals surface area contributed by atoms with E-state index < -0.39 is 38.4 Å². The van der Waals surface area contributed by atoms with E-state index in [1.165, 1.54) is 7.11 Å². The summed E-state index contributed by atoms with van der Waals surface area (Å²) in [4.78, 5) is 54.1. The normalized spacial score (nSPS) is 47.3. The number of methoxy groups -OCH3 is 1. The van der Waals surface area contributed by atoms with Crippen molar-refractivity contribution in [2.75, 3.05) is 7.11 Å². The summed E-state index contributed by atoms with van der Waals surface area (Å²) in [6.45, 7) is 12.3. The molecule has 0 radical (unpaired) electrons. The number of ketones is 2. The van der Waals surface area contributed by atoms with E-state index in [0.717, 1.165) is 18.4 Å². The second-order valence-corrected chi connectivity index (χ2v) is 14.9. The van der Waals surface area contributed by atoms with Gasteiger partial charge in [0.05, 0.1) is 23.6 Å². The van der Waals surface area contributed by atoms with Gasteiger partial charge in [0, 0.05) is 11.3 Å². The Labute approximate surface area is 237 Å². The van der Waals surface area contributed by atoms with Crippen molar-refractivity contribution in [1.29, 1.82) is 5.26 Å². The zero-order valence-corrected chi connectivity index (χ0v) is 24.9. The van der Waals surface area contributed by atoms with Crippen molar-refractivity contribution >= 4 is 23.8 Å². The smallest absolute Gasteiger partial charge is 0.312 e. The summed E-state index contributed by atoms with van der Waals surface area (Å²) < 4.78 is 5.39. The molecule has 0 aliphatic heterocycles. The molecule has 0 heterocycles. The number of allylic oxidation sites excluding steroid dienone is 2. The van der Waals surface area contributed by atoms with Crippen LogP contribution in [-0.4, -0.2) is 36.5 Å². The quantitative estimate of drug-likeness (QED) is 0.176. The molecule has 40 heavy (non-hydrogen) atoms. The Balaban J connectivity index is 1.76. The number of rotatable bonds is 3. The van der Waals surface area contributed by atoms with Crippen LogP contribution in [-0.2, 0) is 23.9 Å². The van der Waals surface area contributed by atoms with Gasteiger partial charge in [-0.15, -0.1) is 0 Å². The predicted molar refractivity (Wildman–Crippen MR) is 148 cm³/mol. The van der Waals surface area contributed by atoms with E-state index in [1.807, 2.05) is 13.0 Å². The molecule has 5 rings (SSSR count). The number of Topliss-reactive ketones (excluding diaryl/α,β-unsaturated/α-hetero) is 1. The minimum atomic E-state index is -1.60. The second kappa shape index (κ2) is 8.45. The lowest BCUT2D eigenvalue weighted by Crippen LogP contribution is -2.77. The third kappa shape index (κ3) is 3.03. The molecule has 5 aliphatic carbocycles. The Bertz CT molecular complexity index is 1330. The minimum Gasteiger partial charge on any atom is -0.469 e. The topological polar surface area (TPSA) is 139 Å². The van der Waals surface area contributed by atoms with Gasteiger partial charge in [0.1, 0.15) is 17.8 Å². The minimum absolute atomic E-state index is 0.0112. The average molecular weight is 550 g/mol. The predicted octanol–water partition coefficient (Wildman–Crippen LogP) is 4.14. The molecule has 5 aliphatic rings. The van der Waals surface area contributed by atoms with Crippen LogP contribution in [0.25, 0.3) is 0 Å². The van der Waals surface area contributed by atoms with Crippen molar-refractivity contribution in [2.24, 2.45) is 50.2 Å². The first-order chi connectivity index (χ1) is 18.5. The molecule has 0 amide bonds. The Morgan fingerprint density at radius 2 is 1.73 bits per heavy atom. The van der Waals surface area contributed by atoms with E-state index >= 15 is 0 Å². The molecule has 0 bridgehead atoms. The van der Waals surface area contributed by atoms with Gasteiger partial charge in [0.15, 0.2) is 11.6 Å². The first kappa shape index (κ1) is 28.9.